The Morgan fingerprint density at radius 3 is 2.46 bits per heavy atom. The van der Waals surface area contributed by atoms with Gasteiger partial charge < -0.3 is 29.5 Å². The number of allylic oxidation sites excluding steroid dienone is 1. The molecule has 1 aromatic heterocycles. The van der Waals surface area contributed by atoms with E-state index in [9.17, 15) is 27.6 Å². The fraction of sp³-hybridized carbons (Fsp3) is 0.500. The lowest BCUT2D eigenvalue weighted by Gasteiger charge is -2.30. The first kappa shape index (κ1) is 38.7. The van der Waals surface area contributed by atoms with Crippen LogP contribution in [0.1, 0.15) is 83.5 Å². The summed E-state index contributed by atoms with van der Waals surface area (Å²) < 4.78 is 39.8. The predicted molar refractivity (Wildman–Crippen MR) is 209 cm³/mol. The van der Waals surface area contributed by atoms with Crippen LogP contribution in [0.2, 0.25) is 0 Å². The molecule has 0 unspecified atom stereocenters. The molecule has 15 heteroatoms. The van der Waals surface area contributed by atoms with E-state index in [0.717, 1.165) is 44.1 Å². The molecule has 4 amide bonds. The van der Waals surface area contributed by atoms with Crippen molar-refractivity contribution in [2.45, 2.75) is 119 Å². The van der Waals surface area contributed by atoms with Gasteiger partial charge in [0.15, 0.2) is 0 Å². The van der Waals surface area contributed by atoms with Gasteiger partial charge in [0.1, 0.15) is 46.5 Å². The summed E-state index contributed by atoms with van der Waals surface area (Å²) in [5.41, 5.74) is -0.0695. The van der Waals surface area contributed by atoms with Crippen LogP contribution in [-0.4, -0.2) is 78.8 Å². The fourth-order valence-corrected chi connectivity index (χ4v) is 9.60. The van der Waals surface area contributed by atoms with Gasteiger partial charge in [-0.1, -0.05) is 72.6 Å². The highest BCUT2D eigenvalue weighted by Gasteiger charge is 2.62. The van der Waals surface area contributed by atoms with Gasteiger partial charge in [-0.25, -0.2) is 13.2 Å². The minimum Gasteiger partial charge on any atom is -0.456 e. The van der Waals surface area contributed by atoms with Crippen LogP contribution in [0.4, 0.5) is 4.79 Å². The summed E-state index contributed by atoms with van der Waals surface area (Å²) in [5, 5.41) is 10.8. The summed E-state index contributed by atoms with van der Waals surface area (Å²) in [7, 11) is -3.89. The maximum absolute atomic E-state index is 14.6. The van der Waals surface area contributed by atoms with E-state index < -0.39 is 68.7 Å². The molecule has 5 atom stereocenters. The molecule has 1 saturated heterocycles. The van der Waals surface area contributed by atoms with E-state index in [1.54, 1.807) is 6.07 Å². The zero-order chi connectivity index (χ0) is 39.6. The first-order chi connectivity index (χ1) is 27.6. The zero-order valence-electron chi connectivity index (χ0n) is 31.8. The first-order valence-corrected chi connectivity index (χ1v) is 21.7. The van der Waals surface area contributed by atoms with Crippen molar-refractivity contribution in [2.24, 2.45) is 11.1 Å². The third-order valence-corrected chi connectivity index (χ3v) is 13.5. The van der Waals surface area contributed by atoms with Gasteiger partial charge in [0.25, 0.3) is 5.91 Å². The van der Waals surface area contributed by atoms with Crippen molar-refractivity contribution in [1.82, 2.24) is 20.3 Å². The monoisotopic (exact) mass is 799 g/mol. The molecule has 3 aromatic rings. The summed E-state index contributed by atoms with van der Waals surface area (Å²) in [6.45, 7) is -0.0322. The number of alkyl carbamates (subject to hydrolysis) is 1. The number of benzene rings is 2. The molecule has 0 radical (unpaired) electrons. The number of carbonyl (C=O) groups excluding carboxylic acids is 4. The lowest BCUT2D eigenvalue weighted by molar-refractivity contribution is -0.141. The van der Waals surface area contributed by atoms with Crippen LogP contribution in [0.25, 0.3) is 22.3 Å². The summed E-state index contributed by atoms with van der Waals surface area (Å²) in [6, 6.07) is 16.7. The van der Waals surface area contributed by atoms with Crippen molar-refractivity contribution in [3.8, 4) is 11.3 Å². The summed E-state index contributed by atoms with van der Waals surface area (Å²) in [5.74, 6) is -1.74. The summed E-state index contributed by atoms with van der Waals surface area (Å²) in [4.78, 5) is 63.4. The highest BCUT2D eigenvalue weighted by Crippen LogP contribution is 2.46. The van der Waals surface area contributed by atoms with Gasteiger partial charge in [0, 0.05) is 29.4 Å². The number of amides is 4. The number of sulfonamides is 1. The molecule has 2 aliphatic heterocycles. The molecular formula is C42H49N5O9S. The van der Waals surface area contributed by atoms with E-state index in [-0.39, 0.29) is 25.5 Å². The van der Waals surface area contributed by atoms with Crippen molar-refractivity contribution in [3.05, 3.63) is 78.2 Å². The van der Waals surface area contributed by atoms with Gasteiger partial charge in [-0.3, -0.25) is 19.1 Å². The van der Waals surface area contributed by atoms with E-state index >= 15 is 0 Å². The second kappa shape index (κ2) is 16.4. The van der Waals surface area contributed by atoms with Crippen LogP contribution >= 0.6 is 0 Å². The molecule has 3 heterocycles. The topological polar surface area (TPSA) is 186 Å². The third kappa shape index (κ3) is 8.73. The lowest BCUT2D eigenvalue weighted by Crippen LogP contribution is -2.58. The molecule has 14 nitrogen and oxygen atoms in total. The second-order valence-corrected chi connectivity index (χ2v) is 17.9. The average molecular weight is 800 g/mol. The maximum Gasteiger partial charge on any atom is 0.408 e. The van der Waals surface area contributed by atoms with Crippen LogP contribution in [-0.2, 0) is 34.0 Å². The largest absolute Gasteiger partial charge is 0.456 e. The number of hydrogen-bond acceptors (Lipinski definition) is 10. The van der Waals surface area contributed by atoms with E-state index in [2.05, 4.69) is 20.5 Å². The standard InChI is InChI=1S/C42H49N5O9S/c48-38-35-23-30(56-45-34-24-37(27-13-5-4-6-14-27)55-36-20-12-11-18-32(34)36)26-47(35)39(49)33(43-41(51)54-29-16-9-10-17-29)19-8-3-1-2-7-15-28-25-42(28,44-38)40(50)46-57(52,53)31-21-22-31/h4-7,11-15,18,20,24,28-31,33,35H,1-3,8-10,16-17,19,21-23,25-26H2,(H,43,51)(H,44,48)(H,46,50)/b15-7-,45-34-/t28-,30-,33+,35+,42+/m1/s1. The van der Waals surface area contributed by atoms with Crippen molar-refractivity contribution in [1.29, 1.82) is 0 Å². The minimum atomic E-state index is -3.89. The average Bonchev–Trinajstić information content (AvgIpc) is 4.08. The van der Waals surface area contributed by atoms with Gasteiger partial charge in [-0.05, 0) is 76.3 Å². The highest BCUT2D eigenvalue weighted by molar-refractivity contribution is 7.91. The SMILES string of the molecule is O=C(N[C@H]1CCCCC/C=C\[C@@H]2C[C@]2(C(=O)NS(=O)(=O)C2CC2)NC(=O)[C@@H]2C[C@@H](O/N=c3/cc(-c4ccccc4)oc4ccccc34)CN2C1=O)OC1CCCC1. The van der Waals surface area contributed by atoms with Gasteiger partial charge in [-0.2, -0.15) is 0 Å². The molecule has 2 aromatic carbocycles. The van der Waals surface area contributed by atoms with Crippen molar-refractivity contribution >= 4 is 44.8 Å². The van der Waals surface area contributed by atoms with Crippen LogP contribution in [0.3, 0.4) is 0 Å². The van der Waals surface area contributed by atoms with Crippen molar-refractivity contribution in [3.63, 3.8) is 0 Å². The van der Waals surface area contributed by atoms with Crippen LogP contribution in [0.15, 0.2) is 82.4 Å². The molecule has 57 heavy (non-hydrogen) atoms. The molecule has 4 fully saturated rings. The van der Waals surface area contributed by atoms with Crippen LogP contribution in [0, 0.1) is 5.92 Å². The molecule has 302 valence electrons. The summed E-state index contributed by atoms with van der Waals surface area (Å²) >= 11 is 0. The molecule has 3 saturated carbocycles. The van der Waals surface area contributed by atoms with E-state index in [1.807, 2.05) is 66.7 Å². The number of rotatable bonds is 8. The fourth-order valence-electron chi connectivity index (χ4n) is 8.24. The Labute approximate surface area is 331 Å². The Morgan fingerprint density at radius 1 is 0.912 bits per heavy atom. The van der Waals surface area contributed by atoms with Crippen molar-refractivity contribution < 1.29 is 41.6 Å². The molecule has 0 bridgehead atoms. The third-order valence-electron chi connectivity index (χ3n) is 11.7. The smallest absolute Gasteiger partial charge is 0.408 e. The quantitative estimate of drug-likeness (QED) is 0.210. The van der Waals surface area contributed by atoms with Crippen LogP contribution < -0.4 is 20.7 Å². The number of para-hydroxylation sites is 1. The Kier molecular flexibility index (Phi) is 11.1. The normalized spacial score (nSPS) is 28.0. The molecule has 5 aliphatic rings. The van der Waals surface area contributed by atoms with Gasteiger partial charge >= 0.3 is 6.09 Å². The van der Waals surface area contributed by atoms with Gasteiger partial charge in [0.2, 0.25) is 21.8 Å². The Balaban J connectivity index is 1.09. The Hall–Kier alpha value is -5.18. The van der Waals surface area contributed by atoms with E-state index in [1.165, 1.54) is 4.90 Å². The molecule has 0 spiro atoms. The minimum absolute atomic E-state index is 0.0274. The molecule has 8 rings (SSSR count). The maximum atomic E-state index is 14.6. The Morgan fingerprint density at radius 2 is 1.67 bits per heavy atom. The van der Waals surface area contributed by atoms with Crippen molar-refractivity contribution in [2.75, 3.05) is 6.54 Å². The molecule has 3 aliphatic carbocycles. The zero-order valence-corrected chi connectivity index (χ0v) is 32.6. The number of fused-ring (bicyclic) bond motifs is 3. The predicted octanol–water partition coefficient (Wildman–Crippen LogP) is 4.94. The Bertz CT molecular complexity index is 2220. The van der Waals surface area contributed by atoms with E-state index in [4.69, 9.17) is 14.0 Å². The molecule has 3 N–H and O–H groups in total. The van der Waals surface area contributed by atoms with Gasteiger partial charge in [-0.15, -0.1) is 0 Å². The second-order valence-electron chi connectivity index (χ2n) is 15.9. The number of nitrogens with one attached hydrogen (secondary N) is 3. The number of nitrogens with zero attached hydrogens (tertiary/aromatic N) is 2. The highest BCUT2D eigenvalue weighted by atomic mass is 32.2. The number of ether oxygens (including phenoxy) is 1. The first-order valence-electron chi connectivity index (χ1n) is 20.2. The summed E-state index contributed by atoms with van der Waals surface area (Å²) in [6.07, 6.45) is 10.1. The number of carbonyl (C=O) groups is 4. The van der Waals surface area contributed by atoms with E-state index in [0.29, 0.717) is 54.2 Å². The number of hydrogen-bond donors (Lipinski definition) is 3. The van der Waals surface area contributed by atoms with Gasteiger partial charge in [0.05, 0.1) is 11.8 Å². The lowest BCUT2D eigenvalue weighted by atomic mass is 10.0. The van der Waals surface area contributed by atoms with Crippen LogP contribution in [0.5, 0.6) is 0 Å². The molecular weight excluding hydrogens is 751 g/mol.